The molecule has 13 heavy (non-hydrogen) atoms. The van der Waals surface area contributed by atoms with Gasteiger partial charge in [0.2, 0.25) is 0 Å². The molecule has 0 fully saturated rings. The first kappa shape index (κ1) is 10.1. The van der Waals surface area contributed by atoms with Gasteiger partial charge in [0, 0.05) is 4.47 Å². The van der Waals surface area contributed by atoms with E-state index in [1.54, 1.807) is 6.07 Å². The molecule has 1 aromatic rings. The predicted octanol–water partition coefficient (Wildman–Crippen LogP) is 3.25. The van der Waals surface area contributed by atoms with Crippen molar-refractivity contribution >= 4 is 39.0 Å². The van der Waals surface area contributed by atoms with E-state index < -0.39 is 0 Å². The molecule has 0 aromatic heterocycles. The van der Waals surface area contributed by atoms with E-state index in [0.29, 0.717) is 6.42 Å². The molecule has 4 heteroatoms. The van der Waals surface area contributed by atoms with Crippen LogP contribution in [-0.2, 0) is 6.42 Å². The highest BCUT2D eigenvalue weighted by atomic mass is 79.9. The zero-order valence-electron chi connectivity index (χ0n) is 6.62. The summed E-state index contributed by atoms with van der Waals surface area (Å²) in [5, 5.41) is 10.8. The zero-order chi connectivity index (χ0) is 9.68. The normalized spacial score (nSPS) is 8.62. The Morgan fingerprint density at radius 3 is 2.85 bits per heavy atom. The van der Waals surface area contributed by atoms with Crippen molar-refractivity contribution in [2.75, 3.05) is 0 Å². The Hall–Kier alpha value is -1.01. The Balaban J connectivity index is 3.06. The fraction of sp³-hybridized carbons (Fsp3) is 0.111. The number of hydrogen-bond acceptors (Lipinski definition) is 3. The SMILES string of the molecule is N#CCc1ccc(N=C=S)cc1Br. The molecular formula is C9H5BrN2S. The lowest BCUT2D eigenvalue weighted by atomic mass is 10.1. The summed E-state index contributed by atoms with van der Waals surface area (Å²) in [7, 11) is 0. The van der Waals surface area contributed by atoms with Crippen LogP contribution >= 0.6 is 28.1 Å². The molecule has 0 amide bonds. The molecule has 0 spiro atoms. The van der Waals surface area contributed by atoms with E-state index in [4.69, 9.17) is 5.26 Å². The van der Waals surface area contributed by atoms with Crippen LogP contribution in [0.4, 0.5) is 5.69 Å². The van der Waals surface area contributed by atoms with E-state index in [9.17, 15) is 0 Å². The summed E-state index contributed by atoms with van der Waals surface area (Å²) in [4.78, 5) is 3.82. The molecule has 0 aliphatic heterocycles. The van der Waals surface area contributed by atoms with Gasteiger partial charge >= 0.3 is 0 Å². The second-order valence-electron chi connectivity index (χ2n) is 2.31. The smallest absolute Gasteiger partial charge is 0.0751 e. The maximum absolute atomic E-state index is 8.49. The molecule has 2 nitrogen and oxygen atoms in total. The summed E-state index contributed by atoms with van der Waals surface area (Å²) < 4.78 is 0.876. The van der Waals surface area contributed by atoms with Crippen LogP contribution in [0.2, 0.25) is 0 Å². The van der Waals surface area contributed by atoms with Gasteiger partial charge in [0.05, 0.1) is 23.3 Å². The van der Waals surface area contributed by atoms with Gasteiger partial charge in [-0.25, -0.2) is 0 Å². The zero-order valence-corrected chi connectivity index (χ0v) is 9.02. The fourth-order valence-electron chi connectivity index (χ4n) is 0.887. The molecule has 0 bridgehead atoms. The van der Waals surface area contributed by atoms with Crippen molar-refractivity contribution in [3.63, 3.8) is 0 Å². The number of isothiocyanates is 1. The molecule has 1 aromatic carbocycles. The monoisotopic (exact) mass is 252 g/mol. The minimum absolute atomic E-state index is 0.391. The largest absolute Gasteiger partial charge is 0.198 e. The summed E-state index contributed by atoms with van der Waals surface area (Å²) in [6, 6.07) is 7.54. The van der Waals surface area contributed by atoms with Gasteiger partial charge in [-0.1, -0.05) is 22.0 Å². The highest BCUT2D eigenvalue weighted by Gasteiger charge is 1.99. The summed E-state index contributed by atoms with van der Waals surface area (Å²) in [6.45, 7) is 0. The van der Waals surface area contributed by atoms with Gasteiger partial charge in [0.1, 0.15) is 0 Å². The summed E-state index contributed by atoms with van der Waals surface area (Å²) in [5.41, 5.74) is 1.69. The average molecular weight is 253 g/mol. The summed E-state index contributed by atoms with van der Waals surface area (Å²) >= 11 is 7.82. The lowest BCUT2D eigenvalue weighted by Gasteiger charge is -1.99. The second kappa shape index (κ2) is 4.88. The first-order chi connectivity index (χ1) is 6.27. The Labute approximate surface area is 90.0 Å². The van der Waals surface area contributed by atoms with Crippen LogP contribution in [0.1, 0.15) is 5.56 Å². The first-order valence-corrected chi connectivity index (χ1v) is 4.71. The number of nitrogens with zero attached hydrogens (tertiary/aromatic N) is 2. The van der Waals surface area contributed by atoms with Crippen LogP contribution in [0.25, 0.3) is 0 Å². The predicted molar refractivity (Wildman–Crippen MR) is 58.1 cm³/mol. The molecule has 0 N–H and O–H groups in total. The quantitative estimate of drug-likeness (QED) is 0.599. The number of halogens is 1. The Morgan fingerprint density at radius 1 is 1.54 bits per heavy atom. The van der Waals surface area contributed by atoms with Crippen molar-refractivity contribution in [1.29, 1.82) is 5.26 Å². The molecule has 0 radical (unpaired) electrons. The standard InChI is InChI=1S/C9H5BrN2S/c10-9-5-8(12-6-13)2-1-7(9)3-4-11/h1-2,5H,3H2. The van der Waals surface area contributed by atoms with Crippen LogP contribution in [0.5, 0.6) is 0 Å². The van der Waals surface area contributed by atoms with E-state index in [1.165, 1.54) is 0 Å². The Morgan fingerprint density at radius 2 is 2.31 bits per heavy atom. The maximum Gasteiger partial charge on any atom is 0.0751 e. The Kier molecular flexibility index (Phi) is 3.78. The third-order valence-corrected chi connectivity index (χ3v) is 2.31. The van der Waals surface area contributed by atoms with Crippen LogP contribution in [0.15, 0.2) is 27.7 Å². The minimum atomic E-state index is 0.391. The second-order valence-corrected chi connectivity index (χ2v) is 3.35. The van der Waals surface area contributed by atoms with Crippen LogP contribution in [-0.4, -0.2) is 5.16 Å². The van der Waals surface area contributed by atoms with Gasteiger partial charge in [-0.15, -0.1) is 0 Å². The molecule has 0 atom stereocenters. The summed E-state index contributed by atoms with van der Waals surface area (Å²) in [6.07, 6.45) is 0.391. The molecule has 0 aliphatic rings. The van der Waals surface area contributed by atoms with Gasteiger partial charge < -0.3 is 0 Å². The first-order valence-electron chi connectivity index (χ1n) is 3.51. The van der Waals surface area contributed by atoms with E-state index in [2.05, 4.69) is 44.4 Å². The van der Waals surface area contributed by atoms with Gasteiger partial charge in [-0.05, 0) is 29.9 Å². The number of benzene rings is 1. The van der Waals surface area contributed by atoms with Crippen molar-refractivity contribution in [3.8, 4) is 6.07 Å². The lowest BCUT2D eigenvalue weighted by molar-refractivity contribution is 1.24. The number of aliphatic imine (C=N–C) groups is 1. The van der Waals surface area contributed by atoms with Gasteiger partial charge in [0.25, 0.3) is 0 Å². The van der Waals surface area contributed by atoms with Gasteiger partial charge in [-0.3, -0.25) is 0 Å². The molecule has 1 rings (SSSR count). The van der Waals surface area contributed by atoms with Crippen molar-refractivity contribution < 1.29 is 0 Å². The topological polar surface area (TPSA) is 36.1 Å². The number of rotatable bonds is 2. The molecule has 0 saturated heterocycles. The molecule has 0 saturated carbocycles. The molecule has 0 unspecified atom stereocenters. The molecule has 0 heterocycles. The van der Waals surface area contributed by atoms with Crippen LogP contribution < -0.4 is 0 Å². The van der Waals surface area contributed by atoms with Crippen molar-refractivity contribution in [2.45, 2.75) is 6.42 Å². The van der Waals surface area contributed by atoms with E-state index in [-0.39, 0.29) is 0 Å². The number of thiocarbonyl (C=S) groups is 1. The molecule has 0 aliphatic carbocycles. The molecular weight excluding hydrogens is 248 g/mol. The average Bonchev–Trinajstić information content (AvgIpc) is 2.10. The third-order valence-electron chi connectivity index (χ3n) is 1.48. The van der Waals surface area contributed by atoms with Crippen LogP contribution in [0, 0.1) is 11.3 Å². The van der Waals surface area contributed by atoms with Crippen molar-refractivity contribution in [1.82, 2.24) is 0 Å². The number of nitriles is 1. The fourth-order valence-corrected chi connectivity index (χ4v) is 1.50. The number of hydrogen-bond donors (Lipinski definition) is 0. The lowest BCUT2D eigenvalue weighted by Crippen LogP contribution is -1.82. The van der Waals surface area contributed by atoms with Crippen molar-refractivity contribution in [3.05, 3.63) is 28.2 Å². The van der Waals surface area contributed by atoms with E-state index in [1.807, 2.05) is 12.1 Å². The van der Waals surface area contributed by atoms with Gasteiger partial charge in [0.15, 0.2) is 0 Å². The van der Waals surface area contributed by atoms with Crippen LogP contribution in [0.3, 0.4) is 0 Å². The Bertz CT molecular complexity index is 403. The maximum atomic E-state index is 8.49. The summed E-state index contributed by atoms with van der Waals surface area (Å²) in [5.74, 6) is 0. The highest BCUT2D eigenvalue weighted by Crippen LogP contribution is 2.23. The third kappa shape index (κ3) is 2.74. The van der Waals surface area contributed by atoms with E-state index >= 15 is 0 Å². The van der Waals surface area contributed by atoms with Gasteiger partial charge in [-0.2, -0.15) is 10.3 Å². The van der Waals surface area contributed by atoms with Crippen molar-refractivity contribution in [2.24, 2.45) is 4.99 Å². The van der Waals surface area contributed by atoms with E-state index in [0.717, 1.165) is 15.7 Å². The highest BCUT2D eigenvalue weighted by molar-refractivity contribution is 9.10. The minimum Gasteiger partial charge on any atom is -0.198 e. The molecule has 64 valence electrons.